The lowest BCUT2D eigenvalue weighted by atomic mass is 10.2. The number of pyridine rings is 1. The standard InChI is InChI=1S/C19H18ClN5O2/c20-15-5-3-13(4-6-15)18(26)22-10-11-24-19(27)25(16-7-8-16)17(23-24)14-2-1-9-21-12-14/h1-6,9,12,16H,7-8,10-11H2,(H,22,26). The zero-order valence-electron chi connectivity index (χ0n) is 14.5. The van der Waals surface area contributed by atoms with Crippen LogP contribution in [-0.4, -0.2) is 31.8 Å². The molecule has 0 aliphatic heterocycles. The highest BCUT2D eigenvalue weighted by Gasteiger charge is 2.30. The van der Waals surface area contributed by atoms with Crippen LogP contribution in [-0.2, 0) is 6.54 Å². The fourth-order valence-corrected chi connectivity index (χ4v) is 3.02. The molecule has 0 radical (unpaired) electrons. The van der Waals surface area contributed by atoms with Crippen LogP contribution in [0.4, 0.5) is 0 Å². The highest BCUT2D eigenvalue weighted by atomic mass is 35.5. The maximum atomic E-state index is 12.7. The molecule has 138 valence electrons. The van der Waals surface area contributed by atoms with Crippen LogP contribution in [0, 0.1) is 0 Å². The minimum Gasteiger partial charge on any atom is -0.350 e. The maximum Gasteiger partial charge on any atom is 0.346 e. The zero-order valence-corrected chi connectivity index (χ0v) is 15.3. The molecule has 0 spiro atoms. The van der Waals surface area contributed by atoms with Crippen LogP contribution in [0.2, 0.25) is 5.02 Å². The molecule has 1 amide bonds. The van der Waals surface area contributed by atoms with Gasteiger partial charge in [0.05, 0.1) is 6.54 Å². The van der Waals surface area contributed by atoms with Crippen LogP contribution < -0.4 is 11.0 Å². The molecular formula is C19H18ClN5O2. The summed E-state index contributed by atoms with van der Waals surface area (Å²) in [5, 5.41) is 7.86. The Labute approximate surface area is 160 Å². The van der Waals surface area contributed by atoms with E-state index in [0.29, 0.717) is 29.5 Å². The van der Waals surface area contributed by atoms with E-state index in [1.165, 1.54) is 4.68 Å². The van der Waals surface area contributed by atoms with Crippen LogP contribution in [0.15, 0.2) is 53.6 Å². The van der Waals surface area contributed by atoms with Gasteiger partial charge < -0.3 is 5.32 Å². The Bertz CT molecular complexity index is 1010. The van der Waals surface area contributed by atoms with Crippen LogP contribution in [0.1, 0.15) is 29.2 Å². The summed E-state index contributed by atoms with van der Waals surface area (Å²) in [4.78, 5) is 29.0. The van der Waals surface area contributed by atoms with Gasteiger partial charge in [0.1, 0.15) is 0 Å². The Morgan fingerprint density at radius 2 is 2.00 bits per heavy atom. The first-order valence-electron chi connectivity index (χ1n) is 8.77. The second-order valence-corrected chi connectivity index (χ2v) is 6.87. The number of carbonyl (C=O) groups is 1. The molecule has 4 rings (SSSR count). The molecule has 3 aromatic rings. The van der Waals surface area contributed by atoms with Crippen molar-refractivity contribution in [2.75, 3.05) is 6.54 Å². The molecular weight excluding hydrogens is 366 g/mol. The van der Waals surface area contributed by atoms with Crippen LogP contribution in [0.25, 0.3) is 11.4 Å². The fourth-order valence-electron chi connectivity index (χ4n) is 2.90. The summed E-state index contributed by atoms with van der Waals surface area (Å²) < 4.78 is 3.14. The molecule has 0 bridgehead atoms. The van der Waals surface area contributed by atoms with Crippen molar-refractivity contribution >= 4 is 17.5 Å². The number of rotatable bonds is 6. The number of amides is 1. The third-order valence-electron chi connectivity index (χ3n) is 4.42. The Morgan fingerprint density at radius 3 is 2.67 bits per heavy atom. The van der Waals surface area contributed by atoms with E-state index in [1.54, 1.807) is 41.2 Å². The fraction of sp³-hybridized carbons (Fsp3) is 0.263. The Hall–Kier alpha value is -2.93. The number of benzene rings is 1. The minimum absolute atomic E-state index is 0.155. The number of nitrogens with one attached hydrogen (secondary N) is 1. The van der Waals surface area contributed by atoms with Gasteiger partial charge in [-0.25, -0.2) is 9.48 Å². The lowest BCUT2D eigenvalue weighted by molar-refractivity contribution is 0.0952. The van der Waals surface area contributed by atoms with E-state index in [1.807, 2.05) is 12.1 Å². The zero-order chi connectivity index (χ0) is 18.8. The van der Waals surface area contributed by atoms with E-state index in [2.05, 4.69) is 15.4 Å². The van der Waals surface area contributed by atoms with Crippen molar-refractivity contribution in [3.63, 3.8) is 0 Å². The summed E-state index contributed by atoms with van der Waals surface area (Å²) in [7, 11) is 0. The monoisotopic (exact) mass is 383 g/mol. The molecule has 27 heavy (non-hydrogen) atoms. The van der Waals surface area contributed by atoms with Gasteiger partial charge in [-0.1, -0.05) is 11.6 Å². The summed E-state index contributed by atoms with van der Waals surface area (Å²) in [6.07, 6.45) is 5.35. The van der Waals surface area contributed by atoms with Gasteiger partial charge in [-0.05, 0) is 49.2 Å². The first kappa shape index (κ1) is 17.5. The molecule has 2 heterocycles. The van der Waals surface area contributed by atoms with Crippen LogP contribution >= 0.6 is 11.6 Å². The van der Waals surface area contributed by atoms with Gasteiger partial charge in [-0.3, -0.25) is 14.3 Å². The third kappa shape index (κ3) is 3.78. The van der Waals surface area contributed by atoms with Gasteiger partial charge in [0.2, 0.25) is 0 Å². The molecule has 1 aliphatic rings. The smallest absolute Gasteiger partial charge is 0.346 e. The van der Waals surface area contributed by atoms with Crippen molar-refractivity contribution in [2.45, 2.75) is 25.4 Å². The lowest BCUT2D eigenvalue weighted by Crippen LogP contribution is -2.32. The quantitative estimate of drug-likeness (QED) is 0.709. The second-order valence-electron chi connectivity index (χ2n) is 6.43. The van der Waals surface area contributed by atoms with E-state index >= 15 is 0 Å². The van der Waals surface area contributed by atoms with Crippen molar-refractivity contribution in [3.8, 4) is 11.4 Å². The van der Waals surface area contributed by atoms with Gasteiger partial charge in [0.25, 0.3) is 5.91 Å². The summed E-state index contributed by atoms with van der Waals surface area (Å²) in [6.45, 7) is 0.598. The van der Waals surface area contributed by atoms with Crippen LogP contribution in [0.3, 0.4) is 0 Å². The molecule has 1 N–H and O–H groups in total. The number of aromatic nitrogens is 4. The first-order valence-corrected chi connectivity index (χ1v) is 9.15. The Kier molecular flexibility index (Phi) is 4.77. The SMILES string of the molecule is O=C(NCCn1nc(-c2cccnc2)n(C2CC2)c1=O)c1ccc(Cl)cc1. The van der Waals surface area contributed by atoms with E-state index < -0.39 is 0 Å². The summed E-state index contributed by atoms with van der Waals surface area (Å²) in [5.41, 5.74) is 1.17. The molecule has 8 heteroatoms. The predicted octanol–water partition coefficient (Wildman–Crippen LogP) is 2.53. The molecule has 2 aromatic heterocycles. The number of carbonyl (C=O) groups excluding carboxylic acids is 1. The highest BCUT2D eigenvalue weighted by Crippen LogP contribution is 2.36. The summed E-state index contributed by atoms with van der Waals surface area (Å²) >= 11 is 5.83. The van der Waals surface area contributed by atoms with Crippen molar-refractivity contribution < 1.29 is 4.79 Å². The van der Waals surface area contributed by atoms with E-state index in [-0.39, 0.29) is 17.6 Å². The minimum atomic E-state index is -0.214. The van der Waals surface area contributed by atoms with Gasteiger partial charge in [0, 0.05) is 41.1 Å². The van der Waals surface area contributed by atoms with Gasteiger partial charge >= 0.3 is 5.69 Å². The van der Waals surface area contributed by atoms with E-state index in [0.717, 1.165) is 18.4 Å². The van der Waals surface area contributed by atoms with E-state index in [4.69, 9.17) is 11.6 Å². The van der Waals surface area contributed by atoms with Gasteiger partial charge in [0.15, 0.2) is 5.82 Å². The molecule has 0 unspecified atom stereocenters. The molecule has 7 nitrogen and oxygen atoms in total. The average Bonchev–Trinajstić information content (AvgIpc) is 3.47. The van der Waals surface area contributed by atoms with Crippen molar-refractivity contribution in [2.24, 2.45) is 0 Å². The van der Waals surface area contributed by atoms with Gasteiger partial charge in [-0.15, -0.1) is 5.10 Å². The maximum absolute atomic E-state index is 12.7. The molecule has 1 aromatic carbocycles. The lowest BCUT2D eigenvalue weighted by Gasteiger charge is -2.05. The molecule has 0 atom stereocenters. The largest absolute Gasteiger partial charge is 0.350 e. The first-order chi connectivity index (χ1) is 13.1. The number of halogens is 1. The third-order valence-corrected chi connectivity index (χ3v) is 4.67. The number of nitrogens with zero attached hydrogens (tertiary/aromatic N) is 4. The van der Waals surface area contributed by atoms with Crippen molar-refractivity contribution in [1.82, 2.24) is 24.6 Å². The highest BCUT2D eigenvalue weighted by molar-refractivity contribution is 6.30. The number of hydrogen-bond donors (Lipinski definition) is 1. The Morgan fingerprint density at radius 1 is 1.22 bits per heavy atom. The summed E-state index contributed by atoms with van der Waals surface area (Å²) in [5.74, 6) is 0.411. The molecule has 1 aliphatic carbocycles. The Balaban J connectivity index is 1.49. The van der Waals surface area contributed by atoms with Gasteiger partial charge in [-0.2, -0.15) is 0 Å². The molecule has 1 saturated carbocycles. The van der Waals surface area contributed by atoms with Crippen molar-refractivity contribution in [1.29, 1.82) is 0 Å². The van der Waals surface area contributed by atoms with Crippen molar-refractivity contribution in [3.05, 3.63) is 69.9 Å². The predicted molar refractivity (Wildman–Crippen MR) is 102 cm³/mol. The summed E-state index contributed by atoms with van der Waals surface area (Å²) in [6, 6.07) is 10.6. The van der Waals surface area contributed by atoms with Crippen LogP contribution in [0.5, 0.6) is 0 Å². The normalized spacial score (nSPS) is 13.5. The number of hydrogen-bond acceptors (Lipinski definition) is 4. The molecule has 0 saturated heterocycles. The molecule has 1 fully saturated rings. The average molecular weight is 384 g/mol. The second kappa shape index (κ2) is 7.36. The topological polar surface area (TPSA) is 81.8 Å². The van der Waals surface area contributed by atoms with E-state index in [9.17, 15) is 9.59 Å².